The zero-order valence-electron chi connectivity index (χ0n) is 11.0. The predicted octanol–water partition coefficient (Wildman–Crippen LogP) is 4.80. The number of hydrogen-bond donors (Lipinski definition) is 1. The van der Waals surface area contributed by atoms with Gasteiger partial charge < -0.3 is 9.73 Å². The summed E-state index contributed by atoms with van der Waals surface area (Å²) in [6.45, 7) is 5.11. The standard InChI is InChI=1S/C15H17ClFNO/c1-3-8-18-10(2)14-6-7-15(19-14)11-4-5-13(17)12(16)9-11/h4-7,9-10,18H,3,8H2,1-2H3. The third-order valence-corrected chi connectivity index (χ3v) is 3.25. The molecule has 0 saturated carbocycles. The Morgan fingerprint density at radius 1 is 1.32 bits per heavy atom. The monoisotopic (exact) mass is 281 g/mol. The van der Waals surface area contributed by atoms with Crippen LogP contribution in [-0.2, 0) is 0 Å². The highest BCUT2D eigenvalue weighted by Crippen LogP contribution is 2.28. The number of rotatable bonds is 5. The van der Waals surface area contributed by atoms with E-state index in [0.717, 1.165) is 24.3 Å². The van der Waals surface area contributed by atoms with Crippen molar-refractivity contribution in [1.29, 1.82) is 0 Å². The second-order valence-electron chi connectivity index (χ2n) is 4.51. The molecule has 2 nitrogen and oxygen atoms in total. The predicted molar refractivity (Wildman–Crippen MR) is 75.8 cm³/mol. The minimum Gasteiger partial charge on any atom is -0.459 e. The molecule has 0 spiro atoms. The Kier molecular flexibility index (Phi) is 4.61. The lowest BCUT2D eigenvalue weighted by Gasteiger charge is -2.09. The van der Waals surface area contributed by atoms with Gasteiger partial charge in [-0.15, -0.1) is 0 Å². The molecule has 0 radical (unpaired) electrons. The van der Waals surface area contributed by atoms with E-state index in [9.17, 15) is 4.39 Å². The van der Waals surface area contributed by atoms with Crippen LogP contribution in [0.25, 0.3) is 11.3 Å². The molecule has 1 heterocycles. The molecule has 0 aliphatic rings. The van der Waals surface area contributed by atoms with E-state index in [0.29, 0.717) is 5.76 Å². The molecule has 1 aromatic heterocycles. The molecule has 0 aliphatic carbocycles. The van der Waals surface area contributed by atoms with E-state index >= 15 is 0 Å². The Labute approximate surface area is 117 Å². The van der Waals surface area contributed by atoms with Crippen molar-refractivity contribution in [3.8, 4) is 11.3 Å². The van der Waals surface area contributed by atoms with Gasteiger partial charge in [-0.05, 0) is 50.2 Å². The van der Waals surface area contributed by atoms with Crippen LogP contribution in [0.2, 0.25) is 5.02 Å². The van der Waals surface area contributed by atoms with Gasteiger partial charge in [0.15, 0.2) is 0 Å². The summed E-state index contributed by atoms with van der Waals surface area (Å²) in [5, 5.41) is 3.46. The summed E-state index contributed by atoms with van der Waals surface area (Å²) in [4.78, 5) is 0. The maximum atomic E-state index is 13.1. The summed E-state index contributed by atoms with van der Waals surface area (Å²) < 4.78 is 18.9. The lowest BCUT2D eigenvalue weighted by molar-refractivity contribution is 0.438. The van der Waals surface area contributed by atoms with E-state index in [1.165, 1.54) is 6.07 Å². The Bertz CT molecular complexity index is 553. The van der Waals surface area contributed by atoms with Crippen LogP contribution in [0.15, 0.2) is 34.7 Å². The smallest absolute Gasteiger partial charge is 0.141 e. The fourth-order valence-corrected chi connectivity index (χ4v) is 2.03. The minimum absolute atomic E-state index is 0.104. The SMILES string of the molecule is CCCNC(C)c1ccc(-c2ccc(F)c(Cl)c2)o1. The lowest BCUT2D eigenvalue weighted by Crippen LogP contribution is -2.18. The fraction of sp³-hybridized carbons (Fsp3) is 0.333. The van der Waals surface area contributed by atoms with Gasteiger partial charge in [-0.25, -0.2) is 4.39 Å². The highest BCUT2D eigenvalue weighted by atomic mass is 35.5. The first kappa shape index (κ1) is 14.1. The maximum Gasteiger partial charge on any atom is 0.141 e. The molecule has 1 unspecified atom stereocenters. The quantitative estimate of drug-likeness (QED) is 0.851. The molecule has 2 rings (SSSR count). The van der Waals surface area contributed by atoms with Gasteiger partial charge >= 0.3 is 0 Å². The van der Waals surface area contributed by atoms with E-state index in [2.05, 4.69) is 19.2 Å². The van der Waals surface area contributed by atoms with Crippen LogP contribution in [0.1, 0.15) is 32.1 Å². The Hall–Kier alpha value is -1.32. The van der Waals surface area contributed by atoms with Crippen molar-refractivity contribution in [1.82, 2.24) is 5.32 Å². The number of hydrogen-bond acceptors (Lipinski definition) is 2. The average molecular weight is 282 g/mol. The molecule has 0 fully saturated rings. The molecule has 1 aromatic carbocycles. The molecular weight excluding hydrogens is 265 g/mol. The molecule has 1 atom stereocenters. The number of furan rings is 1. The summed E-state index contributed by atoms with van der Waals surface area (Å²) in [5.41, 5.74) is 0.778. The van der Waals surface area contributed by atoms with E-state index in [1.807, 2.05) is 12.1 Å². The third-order valence-electron chi connectivity index (χ3n) is 2.96. The number of halogens is 2. The lowest BCUT2D eigenvalue weighted by atomic mass is 10.2. The summed E-state index contributed by atoms with van der Waals surface area (Å²) >= 11 is 5.77. The zero-order valence-corrected chi connectivity index (χ0v) is 11.8. The molecular formula is C15H17ClFNO. The van der Waals surface area contributed by atoms with Crippen molar-refractivity contribution in [2.75, 3.05) is 6.54 Å². The fourth-order valence-electron chi connectivity index (χ4n) is 1.85. The van der Waals surface area contributed by atoms with Crippen molar-refractivity contribution in [3.63, 3.8) is 0 Å². The first-order valence-corrected chi connectivity index (χ1v) is 6.78. The molecule has 0 bridgehead atoms. The van der Waals surface area contributed by atoms with Crippen LogP contribution >= 0.6 is 11.6 Å². The molecule has 102 valence electrons. The highest BCUT2D eigenvalue weighted by Gasteiger charge is 2.11. The Morgan fingerprint density at radius 2 is 2.11 bits per heavy atom. The highest BCUT2D eigenvalue weighted by molar-refractivity contribution is 6.31. The van der Waals surface area contributed by atoms with Crippen molar-refractivity contribution in [2.45, 2.75) is 26.3 Å². The van der Waals surface area contributed by atoms with Crippen LogP contribution in [0.5, 0.6) is 0 Å². The number of benzene rings is 1. The normalized spacial score (nSPS) is 12.6. The average Bonchev–Trinajstić information content (AvgIpc) is 2.89. The maximum absolute atomic E-state index is 13.1. The summed E-state index contributed by atoms with van der Waals surface area (Å²) in [6, 6.07) is 8.55. The van der Waals surface area contributed by atoms with Crippen molar-refractivity contribution in [3.05, 3.63) is 46.9 Å². The molecule has 1 N–H and O–H groups in total. The minimum atomic E-state index is -0.421. The van der Waals surface area contributed by atoms with Crippen molar-refractivity contribution in [2.24, 2.45) is 0 Å². The van der Waals surface area contributed by atoms with E-state index in [-0.39, 0.29) is 11.1 Å². The van der Waals surface area contributed by atoms with Gasteiger partial charge in [0.1, 0.15) is 17.3 Å². The van der Waals surface area contributed by atoms with Gasteiger partial charge in [0.25, 0.3) is 0 Å². The Morgan fingerprint density at radius 3 is 2.79 bits per heavy atom. The van der Waals surface area contributed by atoms with E-state index < -0.39 is 5.82 Å². The molecule has 0 aliphatic heterocycles. The zero-order chi connectivity index (χ0) is 13.8. The largest absolute Gasteiger partial charge is 0.459 e. The molecule has 19 heavy (non-hydrogen) atoms. The second-order valence-corrected chi connectivity index (χ2v) is 4.91. The van der Waals surface area contributed by atoms with Gasteiger partial charge in [0.2, 0.25) is 0 Å². The van der Waals surface area contributed by atoms with Crippen molar-refractivity contribution >= 4 is 11.6 Å². The van der Waals surface area contributed by atoms with Gasteiger partial charge in [-0.2, -0.15) is 0 Å². The molecule has 0 saturated heterocycles. The summed E-state index contributed by atoms with van der Waals surface area (Å²) in [6.07, 6.45) is 1.07. The van der Waals surface area contributed by atoms with E-state index in [1.54, 1.807) is 12.1 Å². The Balaban J connectivity index is 2.18. The molecule has 0 amide bonds. The first-order chi connectivity index (χ1) is 9.11. The molecule has 2 aromatic rings. The van der Waals surface area contributed by atoms with Crippen molar-refractivity contribution < 1.29 is 8.81 Å². The van der Waals surface area contributed by atoms with Crippen LogP contribution in [-0.4, -0.2) is 6.54 Å². The van der Waals surface area contributed by atoms with Gasteiger partial charge in [0.05, 0.1) is 11.1 Å². The summed E-state index contributed by atoms with van der Waals surface area (Å²) in [5.74, 6) is 1.14. The van der Waals surface area contributed by atoms with Gasteiger partial charge in [0, 0.05) is 5.56 Å². The first-order valence-electron chi connectivity index (χ1n) is 6.40. The van der Waals surface area contributed by atoms with Crippen LogP contribution < -0.4 is 5.32 Å². The topological polar surface area (TPSA) is 25.2 Å². The molecule has 4 heteroatoms. The second kappa shape index (κ2) is 6.22. The number of nitrogens with one attached hydrogen (secondary N) is 1. The van der Waals surface area contributed by atoms with Crippen LogP contribution in [0.4, 0.5) is 4.39 Å². The van der Waals surface area contributed by atoms with Crippen LogP contribution in [0, 0.1) is 5.82 Å². The summed E-state index contributed by atoms with van der Waals surface area (Å²) in [7, 11) is 0. The van der Waals surface area contributed by atoms with Gasteiger partial charge in [-0.1, -0.05) is 18.5 Å². The van der Waals surface area contributed by atoms with E-state index in [4.69, 9.17) is 16.0 Å². The third kappa shape index (κ3) is 3.37. The van der Waals surface area contributed by atoms with Crippen LogP contribution in [0.3, 0.4) is 0 Å². The van der Waals surface area contributed by atoms with Gasteiger partial charge in [-0.3, -0.25) is 0 Å².